The van der Waals surface area contributed by atoms with Gasteiger partial charge in [-0.25, -0.2) is 4.98 Å². The van der Waals surface area contributed by atoms with E-state index in [0.29, 0.717) is 35.1 Å². The van der Waals surface area contributed by atoms with E-state index in [9.17, 15) is 4.79 Å². The molecular weight excluding hydrogens is 390 g/mol. The van der Waals surface area contributed by atoms with Gasteiger partial charge >= 0.3 is 5.97 Å². The van der Waals surface area contributed by atoms with Crippen LogP contribution in [0, 0.1) is 0 Å². The summed E-state index contributed by atoms with van der Waals surface area (Å²) < 4.78 is 16.3. The Morgan fingerprint density at radius 3 is 2.43 bits per heavy atom. The summed E-state index contributed by atoms with van der Waals surface area (Å²) in [5.41, 5.74) is 13.9. The lowest BCUT2D eigenvalue weighted by molar-refractivity contribution is -0.137. The fourth-order valence-electron chi connectivity index (χ4n) is 2.90. The van der Waals surface area contributed by atoms with Crippen molar-refractivity contribution in [2.75, 3.05) is 37.6 Å². The first kappa shape index (κ1) is 20.8. The normalized spacial score (nSPS) is 10.6. The number of carbonyl (C=O) groups is 1. The number of anilines is 3. The highest BCUT2D eigenvalue weighted by molar-refractivity contribution is 5.89. The van der Waals surface area contributed by atoms with E-state index in [0.717, 1.165) is 16.6 Å². The molecule has 0 amide bonds. The van der Waals surface area contributed by atoms with Crippen LogP contribution in [-0.2, 0) is 11.3 Å². The van der Waals surface area contributed by atoms with Crippen LogP contribution < -0.4 is 31.0 Å². The molecule has 0 atom stereocenters. The maximum atomic E-state index is 10.7. The molecule has 3 aromatic rings. The third-order valence-electron chi connectivity index (χ3n) is 4.33. The predicted molar refractivity (Wildman–Crippen MR) is 113 cm³/mol. The number of carboxylic acid groups (broad SMARTS) is 1. The molecule has 0 saturated heterocycles. The Balaban J connectivity index is 1.79. The van der Waals surface area contributed by atoms with Crippen LogP contribution in [0.3, 0.4) is 0 Å². The van der Waals surface area contributed by atoms with Gasteiger partial charge in [0.25, 0.3) is 0 Å². The number of nitrogen functional groups attached to an aromatic ring is 2. The quantitative estimate of drug-likeness (QED) is 0.410. The van der Waals surface area contributed by atoms with Crippen molar-refractivity contribution < 1.29 is 24.1 Å². The number of hydrogen-bond acceptors (Lipinski definition) is 9. The van der Waals surface area contributed by atoms with Crippen LogP contribution in [0.1, 0.15) is 12.0 Å². The van der Waals surface area contributed by atoms with E-state index in [1.807, 2.05) is 18.2 Å². The van der Waals surface area contributed by atoms with E-state index in [4.69, 9.17) is 30.8 Å². The monoisotopic (exact) mass is 413 g/mol. The molecule has 6 N–H and O–H groups in total. The standard InChI is InChI=1S/C20H23N5O5/c1-28-15-8-12(9-16(29-2)18(15)30-6-5-17(26)27)23-10-11-3-4-14-13(7-11)19(21)25-20(22)24-14/h3-4,7-9,23H,5-6,10H2,1-2H3,(H,26,27)(H4,21,22,24,25). The second-order valence-electron chi connectivity index (χ2n) is 6.37. The van der Waals surface area contributed by atoms with Gasteiger partial charge in [-0.2, -0.15) is 4.98 Å². The van der Waals surface area contributed by atoms with Crippen LogP contribution in [0.4, 0.5) is 17.5 Å². The van der Waals surface area contributed by atoms with E-state index >= 15 is 0 Å². The number of fused-ring (bicyclic) bond motifs is 1. The number of ether oxygens (including phenoxy) is 3. The van der Waals surface area contributed by atoms with Gasteiger partial charge in [-0.15, -0.1) is 0 Å². The summed E-state index contributed by atoms with van der Waals surface area (Å²) in [6.07, 6.45) is -0.132. The topological polar surface area (TPSA) is 155 Å². The molecule has 0 unspecified atom stereocenters. The average molecular weight is 413 g/mol. The van der Waals surface area contributed by atoms with Crippen LogP contribution in [0.5, 0.6) is 17.2 Å². The summed E-state index contributed by atoms with van der Waals surface area (Å²) in [7, 11) is 3.00. The number of aromatic nitrogens is 2. The van der Waals surface area contributed by atoms with Crippen LogP contribution in [0.25, 0.3) is 10.9 Å². The lowest BCUT2D eigenvalue weighted by Gasteiger charge is -2.16. The minimum Gasteiger partial charge on any atom is -0.493 e. The Labute approximate surface area is 172 Å². The number of carboxylic acids is 1. The van der Waals surface area contributed by atoms with Crippen molar-refractivity contribution in [2.24, 2.45) is 0 Å². The Morgan fingerprint density at radius 1 is 1.10 bits per heavy atom. The molecule has 0 radical (unpaired) electrons. The molecule has 2 aromatic carbocycles. The number of hydrogen-bond donors (Lipinski definition) is 4. The Hall–Kier alpha value is -3.95. The summed E-state index contributed by atoms with van der Waals surface area (Å²) in [5.74, 6) is 0.708. The van der Waals surface area contributed by atoms with Gasteiger partial charge in [0.15, 0.2) is 11.5 Å². The molecule has 30 heavy (non-hydrogen) atoms. The zero-order valence-corrected chi connectivity index (χ0v) is 16.6. The zero-order valence-electron chi connectivity index (χ0n) is 16.6. The molecule has 10 nitrogen and oxygen atoms in total. The van der Waals surface area contributed by atoms with Gasteiger partial charge in [-0.3, -0.25) is 4.79 Å². The summed E-state index contributed by atoms with van der Waals surface area (Å²) in [5, 5.41) is 12.8. The second kappa shape index (κ2) is 9.03. The molecule has 0 bridgehead atoms. The fraction of sp³-hybridized carbons (Fsp3) is 0.250. The molecule has 158 valence electrons. The first-order chi connectivity index (χ1) is 14.4. The van der Waals surface area contributed by atoms with Gasteiger partial charge in [-0.1, -0.05) is 6.07 Å². The molecule has 1 aromatic heterocycles. The van der Waals surface area contributed by atoms with E-state index < -0.39 is 5.97 Å². The SMILES string of the molecule is COc1cc(NCc2ccc3nc(N)nc(N)c3c2)cc(OC)c1OCCC(=O)O. The van der Waals surface area contributed by atoms with E-state index in [1.54, 1.807) is 12.1 Å². The van der Waals surface area contributed by atoms with Gasteiger partial charge in [0.05, 0.1) is 32.8 Å². The minimum absolute atomic E-state index is 0.0000738. The first-order valence-corrected chi connectivity index (χ1v) is 9.07. The highest BCUT2D eigenvalue weighted by atomic mass is 16.5. The van der Waals surface area contributed by atoms with E-state index in [1.165, 1.54) is 14.2 Å². The van der Waals surface area contributed by atoms with Crippen LogP contribution >= 0.6 is 0 Å². The third kappa shape index (κ3) is 4.72. The molecule has 0 spiro atoms. The largest absolute Gasteiger partial charge is 0.493 e. The van der Waals surface area contributed by atoms with Crippen molar-refractivity contribution in [1.29, 1.82) is 0 Å². The zero-order chi connectivity index (χ0) is 21.7. The van der Waals surface area contributed by atoms with Crippen molar-refractivity contribution in [2.45, 2.75) is 13.0 Å². The Bertz CT molecular complexity index is 1050. The average Bonchev–Trinajstić information content (AvgIpc) is 2.72. The Morgan fingerprint density at radius 2 is 1.80 bits per heavy atom. The second-order valence-corrected chi connectivity index (χ2v) is 6.37. The lowest BCUT2D eigenvalue weighted by Crippen LogP contribution is -2.07. The maximum Gasteiger partial charge on any atom is 0.306 e. The van der Waals surface area contributed by atoms with Gasteiger partial charge in [-0.05, 0) is 17.7 Å². The number of benzene rings is 2. The van der Waals surface area contributed by atoms with Crippen LogP contribution in [-0.4, -0.2) is 41.9 Å². The molecule has 0 fully saturated rings. The van der Waals surface area contributed by atoms with Gasteiger partial charge < -0.3 is 36.1 Å². The number of rotatable bonds is 9. The summed E-state index contributed by atoms with van der Waals surface area (Å²) in [6, 6.07) is 9.14. The van der Waals surface area contributed by atoms with Gasteiger partial charge in [0.2, 0.25) is 11.7 Å². The molecule has 10 heteroatoms. The molecule has 0 aliphatic rings. The van der Waals surface area contributed by atoms with Crippen molar-refractivity contribution in [3.63, 3.8) is 0 Å². The third-order valence-corrected chi connectivity index (χ3v) is 4.33. The van der Waals surface area contributed by atoms with Crippen LogP contribution in [0.15, 0.2) is 30.3 Å². The Kier molecular flexibility index (Phi) is 6.26. The molecule has 1 heterocycles. The number of nitrogens with one attached hydrogen (secondary N) is 1. The number of nitrogens with zero attached hydrogens (tertiary/aromatic N) is 2. The molecule has 0 aliphatic heterocycles. The van der Waals surface area contributed by atoms with Crippen molar-refractivity contribution in [1.82, 2.24) is 9.97 Å². The predicted octanol–water partition coefficient (Wildman–Crippen LogP) is 2.28. The number of aliphatic carboxylic acids is 1. The molecule has 0 aliphatic carbocycles. The maximum absolute atomic E-state index is 10.7. The minimum atomic E-state index is -0.949. The van der Waals surface area contributed by atoms with E-state index in [2.05, 4.69) is 15.3 Å². The molecule has 3 rings (SSSR count). The number of methoxy groups -OCH3 is 2. The summed E-state index contributed by atoms with van der Waals surface area (Å²) in [6.45, 7) is 0.491. The van der Waals surface area contributed by atoms with E-state index in [-0.39, 0.29) is 19.0 Å². The smallest absolute Gasteiger partial charge is 0.306 e. The highest BCUT2D eigenvalue weighted by Gasteiger charge is 2.15. The van der Waals surface area contributed by atoms with Gasteiger partial charge in [0.1, 0.15) is 5.82 Å². The van der Waals surface area contributed by atoms with Crippen molar-refractivity contribution in [3.8, 4) is 17.2 Å². The first-order valence-electron chi connectivity index (χ1n) is 9.07. The van der Waals surface area contributed by atoms with Crippen LogP contribution in [0.2, 0.25) is 0 Å². The number of nitrogens with two attached hydrogens (primary N) is 2. The lowest BCUT2D eigenvalue weighted by atomic mass is 10.1. The van der Waals surface area contributed by atoms with Gasteiger partial charge in [0, 0.05) is 29.8 Å². The molecular formula is C20H23N5O5. The fourth-order valence-corrected chi connectivity index (χ4v) is 2.90. The summed E-state index contributed by atoms with van der Waals surface area (Å²) in [4.78, 5) is 18.9. The molecule has 0 saturated carbocycles. The summed E-state index contributed by atoms with van der Waals surface area (Å²) >= 11 is 0. The highest BCUT2D eigenvalue weighted by Crippen LogP contribution is 2.40. The van der Waals surface area contributed by atoms with Crippen molar-refractivity contribution in [3.05, 3.63) is 35.9 Å². The van der Waals surface area contributed by atoms with Crippen molar-refractivity contribution >= 4 is 34.3 Å².